The molecule has 0 aliphatic rings. The van der Waals surface area contributed by atoms with Crippen molar-refractivity contribution in [3.63, 3.8) is 0 Å². The molecule has 0 bridgehead atoms. The van der Waals surface area contributed by atoms with Crippen molar-refractivity contribution in [1.29, 1.82) is 0 Å². The number of carbonyl (C=O) groups is 2. The van der Waals surface area contributed by atoms with E-state index in [-0.39, 0.29) is 30.8 Å². The molecule has 0 aliphatic carbocycles. The fourth-order valence-corrected chi connectivity index (χ4v) is 5.15. The van der Waals surface area contributed by atoms with Gasteiger partial charge in [-0.05, 0) is 50.2 Å². The minimum Gasteiger partial charge on any atom is -0.464 e. The summed E-state index contributed by atoms with van der Waals surface area (Å²) in [5, 5.41) is 2.89. The zero-order valence-electron chi connectivity index (χ0n) is 23.6. The third-order valence-electron chi connectivity index (χ3n) is 5.90. The molecule has 2 aromatic heterocycles. The highest BCUT2D eigenvalue weighted by Gasteiger charge is 2.23. The number of carbonyl (C=O) groups excluding carboxylic acids is 2. The van der Waals surface area contributed by atoms with Crippen molar-refractivity contribution in [3.05, 3.63) is 72.1 Å². The van der Waals surface area contributed by atoms with E-state index in [4.69, 9.17) is 25.3 Å². The van der Waals surface area contributed by atoms with Crippen LogP contribution in [0.4, 0.5) is 17.5 Å². The number of esters is 1. The molecule has 0 aliphatic heterocycles. The Morgan fingerprint density at radius 3 is 2.50 bits per heavy atom. The fraction of sp³-hybridized carbons (Fsp3) is 0.286. The Morgan fingerprint density at radius 1 is 1.05 bits per heavy atom. The van der Waals surface area contributed by atoms with Crippen molar-refractivity contribution < 1.29 is 23.4 Å². The van der Waals surface area contributed by atoms with Gasteiger partial charge in [-0.15, -0.1) is 0 Å². The third-order valence-corrected chi connectivity index (χ3v) is 7.45. The molecule has 4 aromatic rings. The molecule has 4 rings (SSSR count). The molecule has 2 heterocycles. The lowest BCUT2D eigenvalue weighted by Gasteiger charge is -2.21. The molecule has 2 atom stereocenters. The van der Waals surface area contributed by atoms with Gasteiger partial charge in [0, 0.05) is 31.0 Å². The standard InChI is InChI=1S/C28H33N8O5P/c1-4-39-27(38)18(2)40-42(41-22-8-6-5-7-9-22)15-14-31-26(37)19-10-12-21(13-11-19)36(3)17-20-16-32-25-23(33-20)24(29)34-28(30)35-25/h5-13,16,18H,4,14-15,17H2,1-3H3,(H,31,37)(H4,29,30,32,34,35). The van der Waals surface area contributed by atoms with E-state index >= 15 is 0 Å². The van der Waals surface area contributed by atoms with Gasteiger partial charge in [0.05, 0.1) is 25.0 Å². The first-order valence-corrected chi connectivity index (χ1v) is 14.6. The van der Waals surface area contributed by atoms with Gasteiger partial charge < -0.3 is 35.5 Å². The van der Waals surface area contributed by atoms with E-state index in [9.17, 15) is 9.59 Å². The highest BCUT2D eigenvalue weighted by molar-refractivity contribution is 7.47. The molecule has 220 valence electrons. The van der Waals surface area contributed by atoms with Crippen molar-refractivity contribution in [2.75, 3.05) is 42.7 Å². The minimum absolute atomic E-state index is 0.0431. The molecule has 14 heteroatoms. The van der Waals surface area contributed by atoms with Crippen molar-refractivity contribution in [2.24, 2.45) is 0 Å². The Morgan fingerprint density at radius 2 is 1.79 bits per heavy atom. The monoisotopic (exact) mass is 592 g/mol. The molecule has 0 saturated heterocycles. The smallest absolute Gasteiger partial charge is 0.335 e. The average molecular weight is 593 g/mol. The third kappa shape index (κ3) is 8.21. The summed E-state index contributed by atoms with van der Waals surface area (Å²) in [7, 11) is 0.371. The predicted molar refractivity (Wildman–Crippen MR) is 161 cm³/mol. The summed E-state index contributed by atoms with van der Waals surface area (Å²) >= 11 is 0. The molecule has 42 heavy (non-hydrogen) atoms. The van der Waals surface area contributed by atoms with Crippen molar-refractivity contribution in [2.45, 2.75) is 26.5 Å². The second-order valence-electron chi connectivity index (χ2n) is 9.12. The lowest BCUT2D eigenvalue weighted by atomic mass is 10.2. The summed E-state index contributed by atoms with van der Waals surface area (Å²) in [6, 6.07) is 16.3. The number of nitrogens with one attached hydrogen (secondary N) is 1. The number of anilines is 3. The highest BCUT2D eigenvalue weighted by atomic mass is 31.2. The fourth-order valence-electron chi connectivity index (χ4n) is 3.82. The van der Waals surface area contributed by atoms with Gasteiger partial charge in [0.25, 0.3) is 5.91 Å². The second-order valence-corrected chi connectivity index (χ2v) is 10.6. The molecule has 13 nitrogen and oxygen atoms in total. The van der Waals surface area contributed by atoms with Gasteiger partial charge in [0.2, 0.25) is 14.3 Å². The van der Waals surface area contributed by atoms with Gasteiger partial charge in [0.1, 0.15) is 5.75 Å². The summed E-state index contributed by atoms with van der Waals surface area (Å²) < 4.78 is 16.9. The number of hydrogen-bond donors (Lipinski definition) is 3. The topological polar surface area (TPSA) is 181 Å². The summed E-state index contributed by atoms with van der Waals surface area (Å²) in [6.07, 6.45) is 1.18. The van der Waals surface area contributed by atoms with Crippen LogP contribution in [0.5, 0.6) is 5.75 Å². The molecule has 5 N–H and O–H groups in total. The van der Waals surface area contributed by atoms with E-state index in [0.717, 1.165) is 5.69 Å². The summed E-state index contributed by atoms with van der Waals surface area (Å²) in [4.78, 5) is 43.7. The lowest BCUT2D eigenvalue weighted by molar-refractivity contribution is -0.150. The SMILES string of the molecule is CCOC(=O)C(C)OP(CCNC(=O)c1ccc(N(C)Cc2cnc3nc(N)nc(N)c3n2)cc1)Oc1ccccc1. The van der Waals surface area contributed by atoms with Gasteiger partial charge >= 0.3 is 5.97 Å². The van der Waals surface area contributed by atoms with Crippen molar-refractivity contribution >= 4 is 48.9 Å². The number of ether oxygens (including phenoxy) is 1. The van der Waals surface area contributed by atoms with Crippen molar-refractivity contribution in [3.8, 4) is 5.75 Å². The lowest BCUT2D eigenvalue weighted by Crippen LogP contribution is -2.28. The van der Waals surface area contributed by atoms with Gasteiger partial charge in [-0.1, -0.05) is 18.2 Å². The summed E-state index contributed by atoms with van der Waals surface area (Å²) in [5.74, 6) is 0.117. The molecular formula is C28H33N8O5P. The molecule has 0 spiro atoms. The summed E-state index contributed by atoms with van der Waals surface area (Å²) in [6.45, 7) is 4.33. The van der Waals surface area contributed by atoms with Crippen LogP contribution < -0.4 is 26.2 Å². The Bertz CT molecular complexity index is 1510. The maximum Gasteiger partial charge on any atom is 0.335 e. The average Bonchev–Trinajstić information content (AvgIpc) is 2.98. The number of benzene rings is 2. The largest absolute Gasteiger partial charge is 0.464 e. The molecule has 1 amide bonds. The first-order valence-electron chi connectivity index (χ1n) is 13.2. The Labute approximate surface area is 244 Å². The molecular weight excluding hydrogens is 559 g/mol. The second kappa shape index (κ2) is 14.3. The Kier molecular flexibility index (Phi) is 10.4. The quantitative estimate of drug-likeness (QED) is 0.152. The number of para-hydroxylation sites is 1. The minimum atomic E-state index is -1.53. The molecule has 2 aromatic carbocycles. The first-order chi connectivity index (χ1) is 20.2. The van der Waals surface area contributed by atoms with E-state index in [2.05, 4.69) is 25.3 Å². The van der Waals surface area contributed by atoms with Crippen LogP contribution in [0.2, 0.25) is 0 Å². The maximum atomic E-state index is 12.8. The van der Waals surface area contributed by atoms with Crippen LogP contribution in [0.25, 0.3) is 11.2 Å². The number of nitrogens with zero attached hydrogens (tertiary/aromatic N) is 5. The van der Waals surface area contributed by atoms with Crippen LogP contribution in [-0.2, 0) is 20.6 Å². The van der Waals surface area contributed by atoms with Gasteiger partial charge in [0.15, 0.2) is 23.1 Å². The van der Waals surface area contributed by atoms with Crippen LogP contribution >= 0.6 is 8.38 Å². The van der Waals surface area contributed by atoms with Crippen LogP contribution in [0.1, 0.15) is 29.9 Å². The number of nitrogens with two attached hydrogens (primary N) is 2. The van der Waals surface area contributed by atoms with Crippen LogP contribution in [0, 0.1) is 0 Å². The Balaban J connectivity index is 1.32. The van der Waals surface area contributed by atoms with Crippen LogP contribution in [-0.4, -0.2) is 64.3 Å². The zero-order valence-corrected chi connectivity index (χ0v) is 24.5. The molecule has 2 unspecified atom stereocenters. The number of fused-ring (bicyclic) bond motifs is 1. The van der Waals surface area contributed by atoms with Crippen LogP contribution in [0.15, 0.2) is 60.8 Å². The zero-order chi connectivity index (χ0) is 30.1. The number of hydrogen-bond acceptors (Lipinski definition) is 12. The predicted octanol–water partition coefficient (Wildman–Crippen LogP) is 3.31. The first kappa shape index (κ1) is 30.4. The van der Waals surface area contributed by atoms with E-state index in [1.807, 2.05) is 42.3 Å². The maximum absolute atomic E-state index is 12.8. The Hall–Kier alpha value is -4.61. The number of aromatic nitrogens is 4. The highest BCUT2D eigenvalue weighted by Crippen LogP contribution is 2.40. The number of rotatable bonds is 13. The molecule has 0 saturated carbocycles. The molecule has 0 fully saturated rings. The van der Waals surface area contributed by atoms with Crippen molar-refractivity contribution in [1.82, 2.24) is 25.3 Å². The van der Waals surface area contributed by atoms with E-state index < -0.39 is 20.4 Å². The van der Waals surface area contributed by atoms with Gasteiger partial charge in [-0.25, -0.2) is 14.8 Å². The van der Waals surface area contributed by atoms with Gasteiger partial charge in [-0.2, -0.15) is 9.97 Å². The molecule has 0 radical (unpaired) electrons. The van der Waals surface area contributed by atoms with E-state index in [1.54, 1.807) is 44.3 Å². The van der Waals surface area contributed by atoms with Gasteiger partial charge in [-0.3, -0.25) is 4.79 Å². The normalized spacial score (nSPS) is 12.4. The number of nitrogen functional groups attached to an aromatic ring is 2. The number of amides is 1. The summed E-state index contributed by atoms with van der Waals surface area (Å²) in [5.41, 5.74) is 14.3. The van der Waals surface area contributed by atoms with Crippen LogP contribution in [0.3, 0.4) is 0 Å². The van der Waals surface area contributed by atoms with E-state index in [1.165, 1.54) is 0 Å². The van der Waals surface area contributed by atoms with E-state index in [0.29, 0.717) is 40.9 Å².